The van der Waals surface area contributed by atoms with Crippen LogP contribution in [0.5, 0.6) is 0 Å². The Bertz CT molecular complexity index is 389. The summed E-state index contributed by atoms with van der Waals surface area (Å²) in [6, 6.07) is 0.108. The lowest BCUT2D eigenvalue weighted by molar-refractivity contribution is 0.0942. The zero-order valence-corrected chi connectivity index (χ0v) is 12.1. The molecule has 0 unspecified atom stereocenters. The van der Waals surface area contributed by atoms with E-state index in [1.54, 1.807) is 12.4 Å². The molecule has 1 aromatic rings. The smallest absolute Gasteiger partial charge is 0.254 e. The topological polar surface area (TPSA) is 70.2 Å². The third kappa shape index (κ3) is 6.15. The van der Waals surface area contributed by atoms with Crippen molar-refractivity contribution in [3.05, 3.63) is 18.0 Å². The fourth-order valence-corrected chi connectivity index (χ4v) is 1.48. The molecule has 0 saturated heterocycles. The average molecular weight is 265 g/mol. The molecule has 0 aliphatic heterocycles. The summed E-state index contributed by atoms with van der Waals surface area (Å²) in [6.45, 7) is 5.66. The van der Waals surface area contributed by atoms with Gasteiger partial charge in [-0.25, -0.2) is 9.97 Å². The summed E-state index contributed by atoms with van der Waals surface area (Å²) in [7, 11) is 4.08. The number of hydrogen-bond acceptors (Lipinski definition) is 5. The van der Waals surface area contributed by atoms with Gasteiger partial charge in [0, 0.05) is 25.0 Å². The van der Waals surface area contributed by atoms with Gasteiger partial charge >= 0.3 is 0 Å². The average Bonchev–Trinajstić information content (AvgIpc) is 2.34. The van der Waals surface area contributed by atoms with Crippen LogP contribution >= 0.6 is 0 Å². The van der Waals surface area contributed by atoms with Gasteiger partial charge in [0.1, 0.15) is 0 Å². The van der Waals surface area contributed by atoms with Crippen LogP contribution in [0.1, 0.15) is 30.6 Å². The monoisotopic (exact) mass is 265 g/mol. The van der Waals surface area contributed by atoms with Crippen molar-refractivity contribution >= 4 is 11.9 Å². The van der Waals surface area contributed by atoms with Crippen molar-refractivity contribution in [2.45, 2.75) is 26.3 Å². The second-order valence-electron chi connectivity index (χ2n) is 5.01. The SMILES string of the molecule is CC(C)NC(=O)c1cnc(NCCCN(C)C)nc1. The quantitative estimate of drug-likeness (QED) is 0.719. The normalized spacial score (nSPS) is 10.8. The van der Waals surface area contributed by atoms with Crippen molar-refractivity contribution in [3.63, 3.8) is 0 Å². The second-order valence-corrected chi connectivity index (χ2v) is 5.01. The van der Waals surface area contributed by atoms with Crippen LogP contribution in [0.4, 0.5) is 5.95 Å². The van der Waals surface area contributed by atoms with E-state index in [0.717, 1.165) is 19.5 Å². The largest absolute Gasteiger partial charge is 0.354 e. The van der Waals surface area contributed by atoms with Crippen LogP contribution in [-0.4, -0.2) is 54.0 Å². The highest BCUT2D eigenvalue weighted by Gasteiger charge is 2.07. The van der Waals surface area contributed by atoms with Gasteiger partial charge in [-0.2, -0.15) is 0 Å². The van der Waals surface area contributed by atoms with E-state index < -0.39 is 0 Å². The highest BCUT2D eigenvalue weighted by molar-refractivity contribution is 5.93. The molecule has 1 amide bonds. The molecule has 0 aliphatic carbocycles. The summed E-state index contributed by atoms with van der Waals surface area (Å²) in [4.78, 5) is 22.1. The molecule has 0 aromatic carbocycles. The highest BCUT2D eigenvalue weighted by atomic mass is 16.1. The lowest BCUT2D eigenvalue weighted by Gasteiger charge is -2.10. The Balaban J connectivity index is 2.41. The maximum atomic E-state index is 11.7. The Morgan fingerprint density at radius 1 is 1.32 bits per heavy atom. The summed E-state index contributed by atoms with van der Waals surface area (Å²) in [6.07, 6.45) is 4.10. The number of aromatic nitrogens is 2. The molecule has 0 radical (unpaired) electrons. The molecule has 19 heavy (non-hydrogen) atoms. The Kier molecular flexibility index (Phi) is 6.21. The standard InChI is InChI=1S/C13H23N5O/c1-10(2)17-12(19)11-8-15-13(16-9-11)14-6-5-7-18(3)4/h8-10H,5-7H2,1-4H3,(H,17,19)(H,14,15,16). The van der Waals surface area contributed by atoms with Gasteiger partial charge in [-0.05, 0) is 40.9 Å². The van der Waals surface area contributed by atoms with Crippen molar-refractivity contribution in [2.24, 2.45) is 0 Å². The Labute approximate surface area is 114 Å². The molecule has 1 rings (SSSR count). The van der Waals surface area contributed by atoms with Crippen molar-refractivity contribution in [1.29, 1.82) is 0 Å². The van der Waals surface area contributed by atoms with Crippen LogP contribution in [0.3, 0.4) is 0 Å². The minimum absolute atomic E-state index is 0.108. The van der Waals surface area contributed by atoms with Crippen LogP contribution in [0, 0.1) is 0 Å². The van der Waals surface area contributed by atoms with Gasteiger partial charge in [0.2, 0.25) is 5.95 Å². The van der Waals surface area contributed by atoms with Gasteiger partial charge in [0.05, 0.1) is 5.56 Å². The molecular formula is C13H23N5O. The molecule has 1 aromatic heterocycles. The van der Waals surface area contributed by atoms with E-state index >= 15 is 0 Å². The lowest BCUT2D eigenvalue weighted by Crippen LogP contribution is -2.30. The number of rotatable bonds is 7. The molecule has 0 spiro atoms. The van der Waals surface area contributed by atoms with Crippen LogP contribution in [-0.2, 0) is 0 Å². The predicted octanol–water partition coefficient (Wildman–Crippen LogP) is 0.978. The van der Waals surface area contributed by atoms with Gasteiger partial charge in [-0.15, -0.1) is 0 Å². The van der Waals surface area contributed by atoms with Gasteiger partial charge in [0.15, 0.2) is 0 Å². The van der Waals surface area contributed by atoms with Gasteiger partial charge in [-0.3, -0.25) is 4.79 Å². The maximum Gasteiger partial charge on any atom is 0.254 e. The Morgan fingerprint density at radius 3 is 2.47 bits per heavy atom. The molecule has 0 bridgehead atoms. The number of anilines is 1. The minimum Gasteiger partial charge on any atom is -0.354 e. The van der Waals surface area contributed by atoms with Crippen LogP contribution in [0.2, 0.25) is 0 Å². The third-order valence-corrected chi connectivity index (χ3v) is 2.40. The number of hydrogen-bond donors (Lipinski definition) is 2. The van der Waals surface area contributed by atoms with E-state index in [1.807, 2.05) is 27.9 Å². The van der Waals surface area contributed by atoms with Crippen molar-refractivity contribution < 1.29 is 4.79 Å². The predicted molar refractivity (Wildman–Crippen MR) is 76.3 cm³/mol. The van der Waals surface area contributed by atoms with Crippen molar-refractivity contribution in [3.8, 4) is 0 Å². The first kappa shape index (κ1) is 15.4. The second kappa shape index (κ2) is 7.68. The number of carbonyl (C=O) groups is 1. The molecule has 6 nitrogen and oxygen atoms in total. The Morgan fingerprint density at radius 2 is 1.95 bits per heavy atom. The molecule has 0 saturated carbocycles. The van der Waals surface area contributed by atoms with E-state index in [4.69, 9.17) is 0 Å². The molecule has 0 fully saturated rings. The number of nitrogens with one attached hydrogen (secondary N) is 2. The molecule has 2 N–H and O–H groups in total. The maximum absolute atomic E-state index is 11.7. The summed E-state index contributed by atoms with van der Waals surface area (Å²) < 4.78 is 0. The minimum atomic E-state index is -0.144. The first-order valence-electron chi connectivity index (χ1n) is 6.50. The van der Waals surface area contributed by atoms with E-state index in [-0.39, 0.29) is 11.9 Å². The molecular weight excluding hydrogens is 242 g/mol. The number of amides is 1. The summed E-state index contributed by atoms with van der Waals surface area (Å²) in [5.41, 5.74) is 0.479. The summed E-state index contributed by atoms with van der Waals surface area (Å²) in [5, 5.41) is 5.92. The Hall–Kier alpha value is -1.69. The van der Waals surface area contributed by atoms with Crippen molar-refractivity contribution in [1.82, 2.24) is 20.2 Å². The summed E-state index contributed by atoms with van der Waals surface area (Å²) in [5.74, 6) is 0.411. The van der Waals surface area contributed by atoms with E-state index in [0.29, 0.717) is 11.5 Å². The number of nitrogens with zero attached hydrogens (tertiary/aromatic N) is 3. The highest BCUT2D eigenvalue weighted by Crippen LogP contribution is 2.01. The van der Waals surface area contributed by atoms with Gasteiger partial charge in [-0.1, -0.05) is 0 Å². The fourth-order valence-electron chi connectivity index (χ4n) is 1.48. The zero-order valence-electron chi connectivity index (χ0n) is 12.1. The molecule has 0 aliphatic rings. The number of carbonyl (C=O) groups excluding carboxylic acids is 1. The van der Waals surface area contributed by atoms with Crippen molar-refractivity contribution in [2.75, 3.05) is 32.5 Å². The third-order valence-electron chi connectivity index (χ3n) is 2.40. The van der Waals surface area contributed by atoms with Crippen LogP contribution in [0.25, 0.3) is 0 Å². The molecule has 0 atom stereocenters. The molecule has 6 heteroatoms. The summed E-state index contributed by atoms with van der Waals surface area (Å²) >= 11 is 0. The van der Waals surface area contributed by atoms with E-state index in [9.17, 15) is 4.79 Å². The molecule has 1 heterocycles. The van der Waals surface area contributed by atoms with Crippen LogP contribution < -0.4 is 10.6 Å². The zero-order chi connectivity index (χ0) is 14.3. The first-order chi connectivity index (χ1) is 8.99. The van der Waals surface area contributed by atoms with Gasteiger partial charge in [0.25, 0.3) is 5.91 Å². The van der Waals surface area contributed by atoms with E-state index in [2.05, 4.69) is 25.5 Å². The fraction of sp³-hybridized carbons (Fsp3) is 0.615. The lowest BCUT2D eigenvalue weighted by atomic mass is 10.3. The van der Waals surface area contributed by atoms with E-state index in [1.165, 1.54) is 0 Å². The molecule has 106 valence electrons. The first-order valence-corrected chi connectivity index (χ1v) is 6.50. The van der Waals surface area contributed by atoms with Crippen LogP contribution in [0.15, 0.2) is 12.4 Å². The van der Waals surface area contributed by atoms with Gasteiger partial charge < -0.3 is 15.5 Å².